The average molecular weight is 433 g/mol. The minimum absolute atomic E-state index is 0.0555. The van der Waals surface area contributed by atoms with Crippen LogP contribution in [0, 0.1) is 6.92 Å². The highest BCUT2D eigenvalue weighted by Gasteiger charge is 2.31. The molecule has 3 aromatic rings. The molecule has 5 rings (SSSR count). The summed E-state index contributed by atoms with van der Waals surface area (Å²) in [5.41, 5.74) is 6.15. The van der Waals surface area contributed by atoms with E-state index in [-0.39, 0.29) is 24.2 Å². The van der Waals surface area contributed by atoms with Crippen molar-refractivity contribution in [3.8, 4) is 0 Å². The zero-order valence-corrected chi connectivity index (χ0v) is 19.0. The molecule has 1 aromatic heterocycles. The number of likely N-dealkylation sites (tertiary alicyclic amines) is 1. The van der Waals surface area contributed by atoms with Crippen LogP contribution in [0.25, 0.3) is 11.0 Å². The van der Waals surface area contributed by atoms with E-state index >= 15 is 0 Å². The monoisotopic (exact) mass is 432 g/mol. The second-order valence-corrected chi connectivity index (χ2v) is 9.22. The first-order valence-corrected chi connectivity index (χ1v) is 11.8. The number of fused-ring (bicyclic) bond motifs is 2. The highest BCUT2D eigenvalue weighted by atomic mass is 16.2. The van der Waals surface area contributed by atoms with Gasteiger partial charge in [-0.15, -0.1) is 0 Å². The van der Waals surface area contributed by atoms with Gasteiger partial charge >= 0.3 is 5.69 Å². The smallest absolute Gasteiger partial charge is 0.329 e. The van der Waals surface area contributed by atoms with E-state index in [4.69, 9.17) is 0 Å². The lowest BCUT2D eigenvalue weighted by molar-refractivity contribution is -0.121. The van der Waals surface area contributed by atoms with E-state index in [9.17, 15) is 9.59 Å². The van der Waals surface area contributed by atoms with Gasteiger partial charge in [0.05, 0.1) is 11.0 Å². The number of aryl methyl sites for hydroxylation is 1. The van der Waals surface area contributed by atoms with Crippen LogP contribution >= 0.6 is 0 Å². The number of para-hydroxylation sites is 2. The predicted molar refractivity (Wildman–Crippen MR) is 127 cm³/mol. The zero-order valence-electron chi connectivity index (χ0n) is 19.0. The van der Waals surface area contributed by atoms with Crippen molar-refractivity contribution < 1.29 is 4.79 Å². The number of nitrogens with zero attached hydrogens (tertiary/aromatic N) is 3. The number of carbonyl (C=O) groups is 1. The first-order chi connectivity index (χ1) is 15.6. The molecular weight excluding hydrogens is 400 g/mol. The van der Waals surface area contributed by atoms with Crippen LogP contribution in [0.1, 0.15) is 54.5 Å². The Hall–Kier alpha value is -2.86. The molecule has 1 fully saturated rings. The zero-order chi connectivity index (χ0) is 22.2. The molecule has 0 saturated carbocycles. The van der Waals surface area contributed by atoms with Crippen molar-refractivity contribution >= 4 is 16.9 Å². The van der Waals surface area contributed by atoms with Crippen LogP contribution in [-0.4, -0.2) is 40.1 Å². The van der Waals surface area contributed by atoms with E-state index in [1.165, 1.54) is 30.4 Å². The first-order valence-electron chi connectivity index (χ1n) is 11.8. The normalized spacial score (nSPS) is 19.8. The van der Waals surface area contributed by atoms with Crippen molar-refractivity contribution in [2.24, 2.45) is 0 Å². The molecule has 1 aliphatic heterocycles. The Morgan fingerprint density at radius 2 is 1.78 bits per heavy atom. The summed E-state index contributed by atoms with van der Waals surface area (Å²) in [5.74, 6) is -0.156. The van der Waals surface area contributed by atoms with Gasteiger partial charge in [0.1, 0.15) is 6.54 Å². The molecule has 1 unspecified atom stereocenters. The summed E-state index contributed by atoms with van der Waals surface area (Å²) in [5, 5.41) is 2.63. The molecule has 2 aromatic carbocycles. The van der Waals surface area contributed by atoms with Crippen LogP contribution < -0.4 is 11.0 Å². The minimum Gasteiger partial charge on any atom is -0.358 e. The topological polar surface area (TPSA) is 59.3 Å². The summed E-state index contributed by atoms with van der Waals surface area (Å²) in [4.78, 5) is 28.0. The van der Waals surface area contributed by atoms with Gasteiger partial charge in [0.2, 0.25) is 5.91 Å². The third-order valence-electron chi connectivity index (χ3n) is 7.46. The highest BCUT2D eigenvalue weighted by Crippen LogP contribution is 2.38. The number of likely N-dealkylation sites (N-methyl/N-ethyl adjacent to an activating group) is 1. The number of hydrogen-bond acceptors (Lipinski definition) is 3. The molecule has 2 aliphatic rings. The quantitative estimate of drug-likeness (QED) is 0.686. The molecule has 6 heteroatoms. The number of hydrogen-bond donors (Lipinski definition) is 1. The fourth-order valence-corrected chi connectivity index (χ4v) is 5.80. The largest absolute Gasteiger partial charge is 0.358 e. The third kappa shape index (κ3) is 3.56. The van der Waals surface area contributed by atoms with Crippen molar-refractivity contribution in [3.05, 3.63) is 69.6 Å². The van der Waals surface area contributed by atoms with Gasteiger partial charge in [-0.05, 0) is 67.9 Å². The average Bonchev–Trinajstić information content (AvgIpc) is 3.10. The van der Waals surface area contributed by atoms with E-state index in [0.717, 1.165) is 37.0 Å². The Kier molecular flexibility index (Phi) is 5.64. The molecule has 1 N–H and O–H groups in total. The Balaban J connectivity index is 1.40. The molecule has 2 heterocycles. The lowest BCUT2D eigenvalue weighted by Gasteiger charge is -2.40. The molecule has 32 heavy (non-hydrogen) atoms. The number of piperidine rings is 1. The van der Waals surface area contributed by atoms with Crippen molar-refractivity contribution in [2.75, 3.05) is 20.1 Å². The SMILES string of the molecule is CNC(=O)Cn1c(=O)n(C2CCN(C3CCCc4c(C)cccc43)CC2)c2ccccc21. The number of nitrogens with one attached hydrogen (secondary N) is 1. The molecule has 1 saturated heterocycles. The van der Waals surface area contributed by atoms with Crippen molar-refractivity contribution in [3.63, 3.8) is 0 Å². The molecule has 1 atom stereocenters. The van der Waals surface area contributed by atoms with Crippen molar-refractivity contribution in [1.29, 1.82) is 0 Å². The highest BCUT2D eigenvalue weighted by molar-refractivity contribution is 5.80. The van der Waals surface area contributed by atoms with E-state index in [2.05, 4.69) is 35.3 Å². The van der Waals surface area contributed by atoms with Gasteiger partial charge in [0.15, 0.2) is 0 Å². The maximum Gasteiger partial charge on any atom is 0.329 e. The second-order valence-electron chi connectivity index (χ2n) is 9.22. The third-order valence-corrected chi connectivity index (χ3v) is 7.46. The van der Waals surface area contributed by atoms with Crippen LogP contribution in [0.2, 0.25) is 0 Å². The van der Waals surface area contributed by atoms with Crippen molar-refractivity contribution in [1.82, 2.24) is 19.4 Å². The van der Waals surface area contributed by atoms with Gasteiger partial charge in [0.25, 0.3) is 0 Å². The first kappa shape index (κ1) is 21.0. The molecule has 6 nitrogen and oxygen atoms in total. The molecule has 0 spiro atoms. The van der Waals surface area contributed by atoms with E-state index < -0.39 is 0 Å². The van der Waals surface area contributed by atoms with Gasteiger partial charge < -0.3 is 5.32 Å². The van der Waals surface area contributed by atoms with Gasteiger partial charge in [-0.3, -0.25) is 18.8 Å². The summed E-state index contributed by atoms with van der Waals surface area (Å²) in [7, 11) is 1.60. The molecule has 1 amide bonds. The fraction of sp³-hybridized carbons (Fsp3) is 0.462. The van der Waals surface area contributed by atoms with Gasteiger partial charge in [-0.1, -0.05) is 30.3 Å². The Morgan fingerprint density at radius 1 is 1.03 bits per heavy atom. The standard InChI is InChI=1S/C26H32N4O2/c1-18-7-5-9-21-20(18)8-6-12-22(21)28-15-13-19(14-16-28)30-24-11-4-3-10-23(24)29(26(30)32)17-25(31)27-2/h3-5,7,9-11,19,22H,6,8,12-17H2,1-2H3,(H,27,31). The van der Waals surface area contributed by atoms with Crippen LogP contribution in [0.3, 0.4) is 0 Å². The molecule has 168 valence electrons. The van der Waals surface area contributed by atoms with Gasteiger partial charge in [-0.2, -0.15) is 0 Å². The van der Waals surface area contributed by atoms with Crippen molar-refractivity contribution in [2.45, 2.75) is 57.7 Å². The number of rotatable bonds is 4. The number of amides is 1. The van der Waals surface area contributed by atoms with Crippen LogP contribution in [0.15, 0.2) is 47.3 Å². The summed E-state index contributed by atoms with van der Waals surface area (Å²) >= 11 is 0. The summed E-state index contributed by atoms with van der Waals surface area (Å²) in [6, 6.07) is 15.2. The minimum atomic E-state index is -0.156. The van der Waals surface area contributed by atoms with E-state index in [0.29, 0.717) is 6.04 Å². The number of imidazole rings is 1. The molecule has 0 radical (unpaired) electrons. The van der Waals surface area contributed by atoms with Crippen LogP contribution in [0.4, 0.5) is 0 Å². The second kappa shape index (κ2) is 8.58. The van der Waals surface area contributed by atoms with E-state index in [1.54, 1.807) is 17.2 Å². The summed E-state index contributed by atoms with van der Waals surface area (Å²) < 4.78 is 3.55. The molecule has 1 aliphatic carbocycles. The molecule has 0 bridgehead atoms. The maximum absolute atomic E-state index is 13.4. The Bertz CT molecular complexity index is 1200. The van der Waals surface area contributed by atoms with Crippen LogP contribution in [0.5, 0.6) is 0 Å². The number of aromatic nitrogens is 2. The Morgan fingerprint density at radius 3 is 2.53 bits per heavy atom. The van der Waals surface area contributed by atoms with Gasteiger partial charge in [0, 0.05) is 32.2 Å². The maximum atomic E-state index is 13.4. The molecular formula is C26H32N4O2. The fourth-order valence-electron chi connectivity index (χ4n) is 5.80. The summed E-state index contributed by atoms with van der Waals surface area (Å²) in [6.07, 6.45) is 5.55. The van der Waals surface area contributed by atoms with E-state index in [1.807, 2.05) is 28.8 Å². The van der Waals surface area contributed by atoms with Gasteiger partial charge in [-0.25, -0.2) is 4.79 Å². The van der Waals surface area contributed by atoms with Crippen LogP contribution in [-0.2, 0) is 17.8 Å². The number of benzene rings is 2. The lowest BCUT2D eigenvalue weighted by Crippen LogP contribution is -2.41. The predicted octanol–water partition coefficient (Wildman–Crippen LogP) is 3.57. The Labute approximate surface area is 188 Å². The number of carbonyl (C=O) groups excluding carboxylic acids is 1. The summed E-state index contributed by atoms with van der Waals surface area (Å²) in [6.45, 7) is 4.27. The lowest BCUT2D eigenvalue weighted by atomic mass is 9.83.